The monoisotopic (exact) mass is 424 g/mol. The van der Waals surface area contributed by atoms with Crippen LogP contribution in [-0.2, 0) is 13.0 Å². The molecule has 0 radical (unpaired) electrons. The zero-order chi connectivity index (χ0) is 22.6. The van der Waals surface area contributed by atoms with E-state index in [1.807, 2.05) is 42.5 Å². The fourth-order valence-electron chi connectivity index (χ4n) is 3.04. The molecule has 0 aliphatic rings. The Morgan fingerprint density at radius 1 is 1.10 bits per heavy atom. The number of para-hydroxylation sites is 1. The van der Waals surface area contributed by atoms with Gasteiger partial charge in [0.25, 0.3) is 5.91 Å². The third-order valence-corrected chi connectivity index (χ3v) is 4.88. The molecular weight excluding hydrogens is 388 g/mol. The molecule has 0 atom stereocenters. The molecule has 0 saturated carbocycles. The number of amides is 1. The molecule has 0 bridgehead atoms. The van der Waals surface area contributed by atoms with Crippen LogP contribution < -0.4 is 15.4 Å². The predicted octanol–water partition coefficient (Wildman–Crippen LogP) is 3.72. The molecule has 6 nitrogen and oxygen atoms in total. The van der Waals surface area contributed by atoms with Crippen molar-refractivity contribution in [2.24, 2.45) is 10.9 Å². The molecule has 0 saturated heterocycles. The minimum atomic E-state index is 0.0153. The standard InChI is InChI=1S/C25H36N4O2/c1-19(2)14-16-31-23-12-7-6-10-22(23)18-28-25(26-3)27-15-13-20-9-8-11-21(17-20)24(30)29(4)5/h6-12,17,19H,13-16,18H2,1-5H3,(H2,26,27,28). The number of aliphatic imine (C=N–C) groups is 1. The maximum atomic E-state index is 12.1. The maximum absolute atomic E-state index is 12.1. The number of ether oxygens (including phenoxy) is 1. The number of rotatable bonds is 10. The Kier molecular flexibility index (Phi) is 9.88. The summed E-state index contributed by atoms with van der Waals surface area (Å²) in [6.45, 7) is 6.46. The molecule has 2 aromatic carbocycles. The summed E-state index contributed by atoms with van der Waals surface area (Å²) in [4.78, 5) is 18.0. The van der Waals surface area contributed by atoms with Gasteiger partial charge in [-0.05, 0) is 42.5 Å². The second kappa shape index (κ2) is 12.6. The van der Waals surface area contributed by atoms with Gasteiger partial charge in [-0.1, -0.05) is 44.2 Å². The highest BCUT2D eigenvalue weighted by Gasteiger charge is 2.09. The second-order valence-electron chi connectivity index (χ2n) is 8.14. The molecular formula is C25H36N4O2. The highest BCUT2D eigenvalue weighted by molar-refractivity contribution is 5.94. The number of guanidine groups is 1. The van der Waals surface area contributed by atoms with Crippen LogP contribution in [0.15, 0.2) is 53.5 Å². The largest absolute Gasteiger partial charge is 0.493 e. The Balaban J connectivity index is 1.85. The van der Waals surface area contributed by atoms with Gasteiger partial charge in [0, 0.05) is 45.4 Å². The molecule has 0 aliphatic carbocycles. The van der Waals surface area contributed by atoms with Crippen molar-refractivity contribution in [3.63, 3.8) is 0 Å². The first-order valence-corrected chi connectivity index (χ1v) is 10.9. The van der Waals surface area contributed by atoms with Crippen molar-refractivity contribution in [1.29, 1.82) is 0 Å². The third kappa shape index (κ3) is 8.32. The van der Waals surface area contributed by atoms with Gasteiger partial charge < -0.3 is 20.3 Å². The zero-order valence-electron chi connectivity index (χ0n) is 19.4. The number of carbonyl (C=O) groups excluding carboxylic acids is 1. The lowest BCUT2D eigenvalue weighted by Crippen LogP contribution is -2.38. The lowest BCUT2D eigenvalue weighted by atomic mass is 10.1. The van der Waals surface area contributed by atoms with Crippen LogP contribution in [0.25, 0.3) is 0 Å². The van der Waals surface area contributed by atoms with Gasteiger partial charge in [-0.15, -0.1) is 0 Å². The summed E-state index contributed by atoms with van der Waals surface area (Å²) in [7, 11) is 5.29. The van der Waals surface area contributed by atoms with E-state index in [1.165, 1.54) is 0 Å². The van der Waals surface area contributed by atoms with E-state index in [2.05, 4.69) is 35.5 Å². The summed E-state index contributed by atoms with van der Waals surface area (Å²) in [6.07, 6.45) is 1.83. The van der Waals surface area contributed by atoms with Gasteiger partial charge in [0.05, 0.1) is 6.61 Å². The quantitative estimate of drug-likeness (QED) is 0.451. The molecule has 0 heterocycles. The lowest BCUT2D eigenvalue weighted by molar-refractivity contribution is 0.0827. The first-order chi connectivity index (χ1) is 14.9. The average molecular weight is 425 g/mol. The summed E-state index contributed by atoms with van der Waals surface area (Å²) in [5.41, 5.74) is 2.92. The van der Waals surface area contributed by atoms with Gasteiger partial charge in [0.1, 0.15) is 5.75 Å². The average Bonchev–Trinajstić information content (AvgIpc) is 2.76. The minimum absolute atomic E-state index is 0.0153. The first-order valence-electron chi connectivity index (χ1n) is 10.9. The van der Waals surface area contributed by atoms with Crippen molar-refractivity contribution < 1.29 is 9.53 Å². The van der Waals surface area contributed by atoms with E-state index in [1.54, 1.807) is 26.0 Å². The van der Waals surface area contributed by atoms with Crippen LogP contribution >= 0.6 is 0 Å². The fraction of sp³-hybridized carbons (Fsp3) is 0.440. The normalized spacial score (nSPS) is 11.4. The molecule has 2 rings (SSSR count). The maximum Gasteiger partial charge on any atom is 0.253 e. The Morgan fingerprint density at radius 2 is 1.87 bits per heavy atom. The van der Waals surface area contributed by atoms with Crippen LogP contribution in [-0.4, -0.2) is 51.1 Å². The summed E-state index contributed by atoms with van der Waals surface area (Å²) >= 11 is 0. The molecule has 0 spiro atoms. The van der Waals surface area contributed by atoms with Crippen molar-refractivity contribution in [3.8, 4) is 5.75 Å². The van der Waals surface area contributed by atoms with E-state index in [0.29, 0.717) is 24.6 Å². The van der Waals surface area contributed by atoms with Crippen molar-refractivity contribution in [1.82, 2.24) is 15.5 Å². The van der Waals surface area contributed by atoms with Crippen LogP contribution in [0.2, 0.25) is 0 Å². The highest BCUT2D eigenvalue weighted by Crippen LogP contribution is 2.18. The predicted molar refractivity (Wildman–Crippen MR) is 128 cm³/mol. The first kappa shape index (κ1) is 24.3. The lowest BCUT2D eigenvalue weighted by Gasteiger charge is -2.15. The molecule has 0 fully saturated rings. The van der Waals surface area contributed by atoms with Gasteiger partial charge in [0.15, 0.2) is 5.96 Å². The smallest absolute Gasteiger partial charge is 0.253 e. The fourth-order valence-corrected chi connectivity index (χ4v) is 3.04. The molecule has 1 amide bonds. The molecule has 2 aromatic rings. The zero-order valence-corrected chi connectivity index (χ0v) is 19.4. The van der Waals surface area contributed by atoms with Crippen molar-refractivity contribution in [2.75, 3.05) is 34.3 Å². The number of benzene rings is 2. The van der Waals surface area contributed by atoms with E-state index in [0.717, 1.165) is 42.3 Å². The Morgan fingerprint density at radius 3 is 2.58 bits per heavy atom. The highest BCUT2D eigenvalue weighted by atomic mass is 16.5. The van der Waals surface area contributed by atoms with Gasteiger partial charge in [0.2, 0.25) is 0 Å². The van der Waals surface area contributed by atoms with Gasteiger partial charge >= 0.3 is 0 Å². The van der Waals surface area contributed by atoms with Crippen LogP contribution in [0.1, 0.15) is 41.8 Å². The van der Waals surface area contributed by atoms with E-state index < -0.39 is 0 Å². The SMILES string of the molecule is CN=C(NCCc1cccc(C(=O)N(C)C)c1)NCc1ccccc1OCCC(C)C. The molecule has 0 aliphatic heterocycles. The van der Waals surface area contributed by atoms with E-state index in [4.69, 9.17) is 4.74 Å². The Labute approximate surface area is 186 Å². The molecule has 0 aromatic heterocycles. The Bertz CT molecular complexity index is 862. The van der Waals surface area contributed by atoms with Gasteiger partial charge in [-0.3, -0.25) is 9.79 Å². The number of nitrogens with one attached hydrogen (secondary N) is 2. The topological polar surface area (TPSA) is 66.0 Å². The van der Waals surface area contributed by atoms with Crippen molar-refractivity contribution in [3.05, 3.63) is 65.2 Å². The number of carbonyl (C=O) groups is 1. The van der Waals surface area contributed by atoms with Crippen LogP contribution in [0.4, 0.5) is 0 Å². The molecule has 31 heavy (non-hydrogen) atoms. The third-order valence-electron chi connectivity index (χ3n) is 4.88. The number of hydrogen-bond donors (Lipinski definition) is 2. The second-order valence-corrected chi connectivity index (χ2v) is 8.14. The summed E-state index contributed by atoms with van der Waals surface area (Å²) in [5.74, 6) is 2.28. The summed E-state index contributed by atoms with van der Waals surface area (Å²) in [5, 5.41) is 6.69. The molecule has 6 heteroatoms. The summed E-state index contributed by atoms with van der Waals surface area (Å²) in [6, 6.07) is 15.9. The van der Waals surface area contributed by atoms with E-state index in [-0.39, 0.29) is 5.91 Å². The van der Waals surface area contributed by atoms with Crippen molar-refractivity contribution >= 4 is 11.9 Å². The van der Waals surface area contributed by atoms with Crippen LogP contribution in [0, 0.1) is 5.92 Å². The molecule has 0 unspecified atom stereocenters. The van der Waals surface area contributed by atoms with Crippen LogP contribution in [0.3, 0.4) is 0 Å². The summed E-state index contributed by atoms with van der Waals surface area (Å²) < 4.78 is 5.97. The van der Waals surface area contributed by atoms with E-state index in [9.17, 15) is 4.79 Å². The van der Waals surface area contributed by atoms with E-state index >= 15 is 0 Å². The van der Waals surface area contributed by atoms with Crippen molar-refractivity contribution in [2.45, 2.75) is 33.2 Å². The Hall–Kier alpha value is -3.02. The van der Waals surface area contributed by atoms with Crippen LogP contribution in [0.5, 0.6) is 5.75 Å². The molecule has 168 valence electrons. The minimum Gasteiger partial charge on any atom is -0.493 e. The molecule has 2 N–H and O–H groups in total. The number of hydrogen-bond acceptors (Lipinski definition) is 3. The van der Waals surface area contributed by atoms with Gasteiger partial charge in [-0.25, -0.2) is 0 Å². The number of nitrogens with zero attached hydrogens (tertiary/aromatic N) is 2. The van der Waals surface area contributed by atoms with Gasteiger partial charge in [-0.2, -0.15) is 0 Å².